The van der Waals surface area contributed by atoms with Gasteiger partial charge in [0.1, 0.15) is 0 Å². The van der Waals surface area contributed by atoms with E-state index in [0.717, 1.165) is 36.7 Å². The highest BCUT2D eigenvalue weighted by atomic mass is 32.1. The van der Waals surface area contributed by atoms with Crippen molar-refractivity contribution in [2.45, 2.75) is 0 Å². The molecule has 0 fully saturated rings. The summed E-state index contributed by atoms with van der Waals surface area (Å²) in [7, 11) is -2.93. The number of fused-ring (bicyclic) bond motifs is 1. The molecule has 2 aromatic heterocycles. The van der Waals surface area contributed by atoms with E-state index >= 15 is 0 Å². The smallest absolute Gasteiger partial charge is 0.180 e. The van der Waals surface area contributed by atoms with Crippen LogP contribution >= 0.6 is 18.5 Å². The van der Waals surface area contributed by atoms with Crippen molar-refractivity contribution in [1.82, 2.24) is 4.98 Å². The number of benzene rings is 3. The van der Waals surface area contributed by atoms with Crippen LogP contribution in [0.2, 0.25) is 0 Å². The van der Waals surface area contributed by atoms with E-state index in [4.69, 9.17) is 4.98 Å². The number of thiophene rings is 1. The van der Waals surface area contributed by atoms with Gasteiger partial charge in [0.05, 0.1) is 20.7 Å². The van der Waals surface area contributed by atoms with E-state index in [-0.39, 0.29) is 0 Å². The van der Waals surface area contributed by atoms with Crippen molar-refractivity contribution in [3.8, 4) is 10.6 Å². The molecule has 140 valence electrons. The maximum Gasteiger partial charge on any atom is 0.180 e. The fraction of sp³-hybridized carbons (Fsp3) is 0. The van der Waals surface area contributed by atoms with Gasteiger partial charge in [0, 0.05) is 16.0 Å². The summed E-state index contributed by atoms with van der Waals surface area (Å²) in [6.45, 7) is 0. The van der Waals surface area contributed by atoms with Gasteiger partial charge in [-0.15, -0.1) is 11.3 Å². The van der Waals surface area contributed by atoms with Crippen LogP contribution in [-0.4, -0.2) is 4.98 Å². The number of hydrogen-bond donors (Lipinski definition) is 0. The fourth-order valence-corrected chi connectivity index (χ4v) is 7.95. The summed E-state index contributed by atoms with van der Waals surface area (Å²) in [5.74, 6) is 0. The Bertz CT molecular complexity index is 1290. The Labute approximate surface area is 173 Å². The number of rotatable bonds is 4. The van der Waals surface area contributed by atoms with E-state index in [0.29, 0.717) is 0 Å². The quantitative estimate of drug-likeness (QED) is 0.360. The van der Waals surface area contributed by atoms with E-state index in [1.165, 1.54) is 0 Å². The molecule has 3 aromatic carbocycles. The van der Waals surface area contributed by atoms with Crippen LogP contribution in [0.15, 0.2) is 109 Å². The van der Waals surface area contributed by atoms with Crippen LogP contribution in [0.25, 0.3) is 21.5 Å². The number of para-hydroxylation sites is 1. The Morgan fingerprint density at radius 2 is 1.24 bits per heavy atom. The normalized spacial score (nSPS) is 11.6. The van der Waals surface area contributed by atoms with Gasteiger partial charge in [-0.3, -0.25) is 0 Å². The van der Waals surface area contributed by atoms with Crippen molar-refractivity contribution >= 4 is 44.6 Å². The summed E-state index contributed by atoms with van der Waals surface area (Å²) in [6.07, 6.45) is 0. The minimum absolute atomic E-state index is 0.853. The first kappa shape index (κ1) is 18.1. The van der Waals surface area contributed by atoms with Gasteiger partial charge in [0.2, 0.25) is 0 Å². The lowest BCUT2D eigenvalue weighted by molar-refractivity contribution is 0.593. The predicted molar refractivity (Wildman–Crippen MR) is 124 cm³/mol. The zero-order chi connectivity index (χ0) is 19.7. The van der Waals surface area contributed by atoms with Crippen LogP contribution in [0.3, 0.4) is 0 Å². The second-order valence-electron chi connectivity index (χ2n) is 6.81. The monoisotopic (exact) mass is 411 g/mol. The third-order valence-corrected chi connectivity index (χ3v) is 9.77. The van der Waals surface area contributed by atoms with Gasteiger partial charge >= 0.3 is 0 Å². The Balaban J connectivity index is 1.65. The van der Waals surface area contributed by atoms with Crippen molar-refractivity contribution in [3.63, 3.8) is 0 Å². The summed E-state index contributed by atoms with van der Waals surface area (Å²) in [4.78, 5) is 5.83. The van der Waals surface area contributed by atoms with E-state index < -0.39 is 7.14 Å². The van der Waals surface area contributed by atoms with Crippen LogP contribution in [0.5, 0.6) is 0 Å². The van der Waals surface area contributed by atoms with Gasteiger partial charge in [-0.05, 0) is 24.3 Å². The van der Waals surface area contributed by atoms with Crippen molar-refractivity contribution in [3.05, 3.63) is 109 Å². The Kier molecular flexibility index (Phi) is 4.63. The molecule has 0 unspecified atom stereocenters. The third kappa shape index (κ3) is 3.23. The van der Waals surface area contributed by atoms with E-state index in [1.807, 2.05) is 97.1 Å². The minimum atomic E-state index is -2.93. The first-order valence-electron chi connectivity index (χ1n) is 9.43. The molecular formula is C25H18NOPS. The Hall–Kier alpha value is -3.00. The number of aromatic nitrogens is 1. The molecule has 0 saturated heterocycles. The summed E-state index contributed by atoms with van der Waals surface area (Å²) in [5.41, 5.74) is 1.88. The molecule has 0 N–H and O–H groups in total. The van der Waals surface area contributed by atoms with Crippen molar-refractivity contribution in [2.24, 2.45) is 0 Å². The van der Waals surface area contributed by atoms with E-state index in [2.05, 4.69) is 12.1 Å². The number of nitrogens with zero attached hydrogens (tertiary/aromatic N) is 1. The van der Waals surface area contributed by atoms with Crippen LogP contribution in [0.4, 0.5) is 0 Å². The van der Waals surface area contributed by atoms with E-state index in [9.17, 15) is 4.57 Å². The number of hydrogen-bond acceptors (Lipinski definition) is 3. The zero-order valence-electron chi connectivity index (χ0n) is 15.6. The van der Waals surface area contributed by atoms with Gasteiger partial charge in [-0.25, -0.2) is 4.98 Å². The van der Waals surface area contributed by atoms with E-state index in [1.54, 1.807) is 11.3 Å². The van der Waals surface area contributed by atoms with Crippen molar-refractivity contribution < 1.29 is 4.57 Å². The van der Waals surface area contributed by atoms with Crippen LogP contribution < -0.4 is 15.2 Å². The average molecular weight is 411 g/mol. The Morgan fingerprint density at radius 3 is 1.93 bits per heavy atom. The van der Waals surface area contributed by atoms with Gasteiger partial charge in [0.15, 0.2) is 7.14 Å². The maximum absolute atomic E-state index is 14.5. The van der Waals surface area contributed by atoms with Crippen molar-refractivity contribution in [1.29, 1.82) is 0 Å². The minimum Gasteiger partial charge on any atom is -0.308 e. The number of pyridine rings is 1. The van der Waals surface area contributed by atoms with Gasteiger partial charge in [-0.1, -0.05) is 84.9 Å². The second kappa shape index (κ2) is 7.44. The van der Waals surface area contributed by atoms with Gasteiger partial charge in [-0.2, -0.15) is 0 Å². The first-order valence-corrected chi connectivity index (χ1v) is 12.0. The molecule has 0 aliphatic heterocycles. The lowest BCUT2D eigenvalue weighted by atomic mass is 10.2. The lowest BCUT2D eigenvalue weighted by Gasteiger charge is -2.17. The molecule has 0 saturated carbocycles. The molecule has 29 heavy (non-hydrogen) atoms. The molecule has 0 bridgehead atoms. The molecule has 5 rings (SSSR count). The summed E-state index contributed by atoms with van der Waals surface area (Å²) in [6, 6.07) is 35.8. The average Bonchev–Trinajstić information content (AvgIpc) is 3.30. The SMILES string of the molecule is O=P(c1ccccc1)(c1ccccc1)c1ccc(-c2ccc3ccccc3n2)s1. The fourth-order valence-electron chi connectivity index (χ4n) is 3.52. The standard InChI is InChI=1S/C25H18NOPS/c27-28(20-10-3-1-4-11-20,21-12-5-2-6-13-21)25-18-17-24(29-25)23-16-15-19-9-7-8-14-22(19)26-23/h1-18H. The molecule has 4 heteroatoms. The largest absolute Gasteiger partial charge is 0.308 e. The predicted octanol–water partition coefficient (Wildman–Crippen LogP) is 5.60. The Morgan fingerprint density at radius 1 is 0.621 bits per heavy atom. The molecular weight excluding hydrogens is 393 g/mol. The molecule has 0 aliphatic carbocycles. The first-order chi connectivity index (χ1) is 14.2. The highest BCUT2D eigenvalue weighted by Crippen LogP contribution is 2.45. The molecule has 5 aromatic rings. The van der Waals surface area contributed by atoms with Crippen LogP contribution in [0, 0.1) is 0 Å². The maximum atomic E-state index is 14.5. The van der Waals surface area contributed by atoms with Crippen molar-refractivity contribution in [2.75, 3.05) is 0 Å². The highest BCUT2D eigenvalue weighted by Gasteiger charge is 2.31. The third-order valence-electron chi connectivity index (χ3n) is 4.99. The second-order valence-corrected chi connectivity index (χ2v) is 10.9. The summed E-state index contributed by atoms with van der Waals surface area (Å²) in [5, 5.41) is 2.82. The molecule has 0 atom stereocenters. The van der Waals surface area contributed by atoms with Gasteiger partial charge < -0.3 is 4.57 Å². The topological polar surface area (TPSA) is 30.0 Å². The summed E-state index contributed by atoms with van der Waals surface area (Å²) < 4.78 is 15.3. The zero-order valence-corrected chi connectivity index (χ0v) is 17.3. The van der Waals surface area contributed by atoms with Crippen LogP contribution in [-0.2, 0) is 4.57 Å². The molecule has 2 heterocycles. The molecule has 0 aliphatic rings. The van der Waals surface area contributed by atoms with Gasteiger partial charge in [0.25, 0.3) is 0 Å². The molecule has 0 radical (unpaired) electrons. The molecule has 2 nitrogen and oxygen atoms in total. The van der Waals surface area contributed by atoms with Crippen LogP contribution in [0.1, 0.15) is 0 Å². The lowest BCUT2D eigenvalue weighted by Crippen LogP contribution is -2.22. The molecule has 0 amide bonds. The molecule has 0 spiro atoms. The summed E-state index contributed by atoms with van der Waals surface area (Å²) >= 11 is 1.57. The highest BCUT2D eigenvalue weighted by molar-refractivity contribution is 7.89.